The number of hydrogen-bond acceptors (Lipinski definition) is 6. The molecule has 0 unspecified atom stereocenters. The maximum Gasteiger partial charge on any atom is 0.314 e. The van der Waals surface area contributed by atoms with E-state index in [1.54, 1.807) is 0 Å². The fraction of sp³-hybridized carbons (Fsp3) is 0.167. The standard InChI is InChI=1S/C3H4O4.CH6N4.2CH5N3/c4-2(5)1-3(6)7;2-1(3)5-4;2*2-1(3)4/h1H2,(H,4,5)(H,6,7);4H2,(H4,2,3,5);2*(H5,2,3,4). The van der Waals surface area contributed by atoms with E-state index in [4.69, 9.17) is 32.5 Å². The fourth-order valence-electron chi connectivity index (χ4n) is 0.129. The number of nitrogens with one attached hydrogen (secondary N) is 2. The van der Waals surface area contributed by atoms with Crippen molar-refractivity contribution < 1.29 is 19.8 Å². The van der Waals surface area contributed by atoms with Crippen LogP contribution >= 0.6 is 0 Å². The summed E-state index contributed by atoms with van der Waals surface area (Å²) < 4.78 is 0. The number of guanidine groups is 3. The molecule has 0 amide bonds. The summed E-state index contributed by atoms with van der Waals surface area (Å²) in [6.07, 6.45) is -0.806. The molecular weight excluding hydrogens is 276 g/mol. The van der Waals surface area contributed by atoms with Crippen LogP contribution in [-0.4, -0.2) is 40.0 Å². The van der Waals surface area contributed by atoms with Crippen LogP contribution in [-0.2, 0) is 9.59 Å². The van der Waals surface area contributed by atoms with Gasteiger partial charge in [-0.3, -0.25) is 20.4 Å². The molecule has 20 heavy (non-hydrogen) atoms. The van der Waals surface area contributed by atoms with Crippen LogP contribution in [0.1, 0.15) is 6.42 Å². The zero-order chi connectivity index (χ0) is 17.3. The number of carbonyl (C=O) groups is 2. The minimum absolute atomic E-state index is 0.0926. The normalized spacial score (nSPS) is 6.80. The lowest BCUT2D eigenvalue weighted by Gasteiger charge is -1.80. The van der Waals surface area contributed by atoms with Crippen molar-refractivity contribution in [2.24, 2.45) is 45.3 Å². The first-order valence-electron chi connectivity index (χ1n) is 4.28. The second-order valence-electron chi connectivity index (χ2n) is 2.43. The van der Waals surface area contributed by atoms with Crippen molar-refractivity contribution >= 4 is 29.8 Å². The minimum Gasteiger partial charge on any atom is -0.481 e. The van der Waals surface area contributed by atoms with E-state index in [0.717, 1.165) is 0 Å². The van der Waals surface area contributed by atoms with Crippen LogP contribution in [0.5, 0.6) is 0 Å². The Balaban J connectivity index is -0.0000000883. The molecule has 0 aliphatic carbocycles. The van der Waals surface area contributed by atoms with Crippen molar-refractivity contribution in [3.05, 3.63) is 0 Å². The molecule has 118 valence electrons. The molecule has 0 bridgehead atoms. The number of nitrogens with zero attached hydrogens (tertiary/aromatic N) is 1. The molecule has 14 nitrogen and oxygen atoms in total. The number of carboxylic acids is 2. The molecule has 0 radical (unpaired) electrons. The lowest BCUT2D eigenvalue weighted by Crippen LogP contribution is -2.23. The fourth-order valence-corrected chi connectivity index (χ4v) is 0.129. The van der Waals surface area contributed by atoms with Gasteiger partial charge in [0.2, 0.25) is 5.96 Å². The summed E-state index contributed by atoms with van der Waals surface area (Å²) in [6, 6.07) is 0. The van der Waals surface area contributed by atoms with Gasteiger partial charge in [-0.15, -0.1) is 5.10 Å². The van der Waals surface area contributed by atoms with Gasteiger partial charge in [-0.05, 0) is 0 Å². The summed E-state index contributed by atoms with van der Waals surface area (Å²) in [5, 5.41) is 30.4. The maximum atomic E-state index is 9.43. The molecule has 0 saturated carbocycles. The quantitative estimate of drug-likeness (QED) is 0.0755. The van der Waals surface area contributed by atoms with E-state index in [0.29, 0.717) is 0 Å². The van der Waals surface area contributed by atoms with Gasteiger partial charge in [-0.1, -0.05) is 0 Å². The molecule has 0 aromatic rings. The average molecular weight is 296 g/mol. The number of carboxylic acid groups (broad SMARTS) is 2. The first kappa shape index (κ1) is 25.4. The number of hydrogen-bond donors (Lipinski definition) is 11. The van der Waals surface area contributed by atoms with Crippen LogP contribution in [0.25, 0.3) is 0 Å². The summed E-state index contributed by atoms with van der Waals surface area (Å²) in [4.78, 5) is 18.9. The van der Waals surface area contributed by atoms with E-state index in [1.807, 2.05) is 0 Å². The van der Waals surface area contributed by atoms with Crippen LogP contribution in [0, 0.1) is 10.8 Å². The van der Waals surface area contributed by atoms with Crippen molar-refractivity contribution in [1.29, 1.82) is 10.8 Å². The highest BCUT2D eigenvalue weighted by atomic mass is 16.4. The van der Waals surface area contributed by atoms with Crippen molar-refractivity contribution in [3.63, 3.8) is 0 Å². The summed E-state index contributed by atoms with van der Waals surface area (Å²) in [6.45, 7) is 0. The highest BCUT2D eigenvalue weighted by Crippen LogP contribution is 1.74. The van der Waals surface area contributed by atoms with Gasteiger partial charge in [0.25, 0.3) is 0 Å². The lowest BCUT2D eigenvalue weighted by molar-refractivity contribution is -0.147. The van der Waals surface area contributed by atoms with E-state index in [2.05, 4.69) is 33.9 Å². The lowest BCUT2D eigenvalue weighted by atomic mass is 10.5. The van der Waals surface area contributed by atoms with Gasteiger partial charge in [0.05, 0.1) is 0 Å². The van der Waals surface area contributed by atoms with Gasteiger partial charge >= 0.3 is 11.9 Å². The second kappa shape index (κ2) is 17.9. The molecule has 0 rings (SSSR count). The third-order valence-corrected chi connectivity index (χ3v) is 0.452. The first-order chi connectivity index (χ1) is 8.86. The summed E-state index contributed by atoms with van der Waals surface area (Å²) >= 11 is 0. The topological polar surface area (TPSA) is 317 Å². The summed E-state index contributed by atoms with van der Waals surface area (Å²) in [5.74, 6) is 1.13. The first-order valence-corrected chi connectivity index (χ1v) is 4.28. The van der Waals surface area contributed by atoms with Crippen LogP contribution in [0.4, 0.5) is 0 Å². The average Bonchev–Trinajstić information content (AvgIpc) is 2.14. The summed E-state index contributed by atoms with van der Waals surface area (Å²) in [5.41, 5.74) is 27.3. The van der Waals surface area contributed by atoms with E-state index in [-0.39, 0.29) is 17.9 Å². The Hall–Kier alpha value is -3.45. The van der Waals surface area contributed by atoms with Crippen molar-refractivity contribution in [2.45, 2.75) is 6.42 Å². The smallest absolute Gasteiger partial charge is 0.314 e. The van der Waals surface area contributed by atoms with E-state index in [9.17, 15) is 9.59 Å². The Labute approximate surface area is 113 Å². The number of hydrazone groups is 1. The monoisotopic (exact) mass is 296 g/mol. The molecule has 0 aromatic carbocycles. The predicted octanol–water partition coefficient (Wildman–Crippen LogP) is -4.64. The van der Waals surface area contributed by atoms with Gasteiger partial charge in [0.15, 0.2) is 11.9 Å². The minimum atomic E-state index is -1.31. The number of aliphatic carboxylic acids is 2. The van der Waals surface area contributed by atoms with E-state index >= 15 is 0 Å². The third-order valence-electron chi connectivity index (χ3n) is 0.452. The Morgan fingerprint density at radius 3 is 1.00 bits per heavy atom. The van der Waals surface area contributed by atoms with Crippen LogP contribution in [0.3, 0.4) is 0 Å². The molecule has 0 aliphatic rings. The zero-order valence-corrected chi connectivity index (χ0v) is 10.4. The molecule has 0 spiro atoms. The molecule has 0 saturated heterocycles. The predicted molar refractivity (Wildman–Crippen MR) is 72.1 cm³/mol. The maximum absolute atomic E-state index is 9.43. The molecule has 0 atom stereocenters. The van der Waals surface area contributed by atoms with Gasteiger partial charge in [0, 0.05) is 0 Å². The van der Waals surface area contributed by atoms with Gasteiger partial charge in [-0.2, -0.15) is 0 Å². The second-order valence-corrected chi connectivity index (χ2v) is 2.43. The van der Waals surface area contributed by atoms with Crippen LogP contribution in [0.2, 0.25) is 0 Å². The highest BCUT2D eigenvalue weighted by Gasteiger charge is 2.01. The molecule has 0 aromatic heterocycles. The Bertz CT molecular complexity index is 305. The number of nitrogens with two attached hydrogens (primary N) is 7. The van der Waals surface area contributed by atoms with Gasteiger partial charge < -0.3 is 50.5 Å². The zero-order valence-electron chi connectivity index (χ0n) is 10.4. The highest BCUT2D eigenvalue weighted by molar-refractivity contribution is 5.88. The SMILES string of the molecule is N=C(N)N.N=C(N)N.NN=C(N)N.O=C(O)CC(=O)O. The number of rotatable bonds is 2. The van der Waals surface area contributed by atoms with Crippen molar-refractivity contribution in [3.8, 4) is 0 Å². The largest absolute Gasteiger partial charge is 0.481 e. The van der Waals surface area contributed by atoms with Crippen LogP contribution in [0.15, 0.2) is 5.10 Å². The van der Waals surface area contributed by atoms with Gasteiger partial charge in [0.1, 0.15) is 6.42 Å². The van der Waals surface area contributed by atoms with Crippen molar-refractivity contribution in [1.82, 2.24) is 0 Å². The Morgan fingerprint density at radius 1 is 0.850 bits per heavy atom. The van der Waals surface area contributed by atoms with Crippen LogP contribution < -0.4 is 40.2 Å². The Morgan fingerprint density at radius 2 is 1.00 bits per heavy atom. The third kappa shape index (κ3) is 411. The summed E-state index contributed by atoms with van der Waals surface area (Å²) in [7, 11) is 0. The van der Waals surface area contributed by atoms with Gasteiger partial charge in [-0.25, -0.2) is 0 Å². The molecule has 14 heteroatoms. The molecular formula is C6H20N10O4. The molecule has 0 aliphatic heterocycles. The molecule has 18 N–H and O–H groups in total. The van der Waals surface area contributed by atoms with E-state index < -0.39 is 18.4 Å². The molecule has 0 heterocycles. The van der Waals surface area contributed by atoms with Crippen molar-refractivity contribution in [2.75, 3.05) is 0 Å². The Kier molecular flexibility index (Phi) is 22.8. The molecule has 0 fully saturated rings. The van der Waals surface area contributed by atoms with E-state index in [1.165, 1.54) is 0 Å².